The van der Waals surface area contributed by atoms with Gasteiger partial charge in [-0.1, -0.05) is 25.1 Å². The second-order valence-corrected chi connectivity index (χ2v) is 5.77. The van der Waals surface area contributed by atoms with E-state index in [0.29, 0.717) is 0 Å². The van der Waals surface area contributed by atoms with E-state index in [1.54, 1.807) is 6.42 Å². The summed E-state index contributed by atoms with van der Waals surface area (Å²) in [6, 6.07) is 0. The number of hydrogen-bond acceptors (Lipinski definition) is 0. The predicted molar refractivity (Wildman–Crippen MR) is 51.2 cm³/mol. The highest BCUT2D eigenvalue weighted by atomic mass is 14.7. The second-order valence-electron chi connectivity index (χ2n) is 5.77. The zero-order valence-electron chi connectivity index (χ0n) is 7.97. The quantitative estimate of drug-likeness (QED) is 0.478. The lowest BCUT2D eigenvalue weighted by Crippen LogP contribution is -2.27. The van der Waals surface area contributed by atoms with Crippen molar-refractivity contribution in [3.8, 4) is 0 Å². The van der Waals surface area contributed by atoms with Crippen LogP contribution in [0.3, 0.4) is 0 Å². The van der Waals surface area contributed by atoms with Gasteiger partial charge in [-0.25, -0.2) is 0 Å². The molecular formula is C11H17B. The Bertz CT molecular complexity index is 221. The first-order valence-electron chi connectivity index (χ1n) is 5.41. The largest absolute Gasteiger partial charge is 0.0742 e. The fraction of sp³-hybridized carbons (Fsp3) is 1.00. The lowest BCUT2D eigenvalue weighted by molar-refractivity contribution is 0.190. The van der Waals surface area contributed by atoms with Crippen molar-refractivity contribution < 1.29 is 0 Å². The predicted octanol–water partition coefficient (Wildman–Crippen LogP) is 2.93. The Morgan fingerprint density at radius 1 is 1.08 bits per heavy atom. The van der Waals surface area contributed by atoms with Crippen LogP contribution in [0.15, 0.2) is 0 Å². The van der Waals surface area contributed by atoms with Gasteiger partial charge >= 0.3 is 0 Å². The Labute approximate surface area is 76.5 Å². The van der Waals surface area contributed by atoms with E-state index in [9.17, 15) is 0 Å². The Kier molecular flexibility index (Phi) is 1.20. The molecule has 3 aliphatic rings. The summed E-state index contributed by atoms with van der Waals surface area (Å²) in [4.78, 5) is 0. The average Bonchev–Trinajstić information content (AvgIpc) is 2.61. The number of rotatable bonds is 0. The van der Waals surface area contributed by atoms with E-state index in [2.05, 4.69) is 6.92 Å². The van der Waals surface area contributed by atoms with Gasteiger partial charge in [-0.3, -0.25) is 0 Å². The Morgan fingerprint density at radius 3 is 2.42 bits per heavy atom. The fourth-order valence-electron chi connectivity index (χ4n) is 3.98. The van der Waals surface area contributed by atoms with E-state index >= 15 is 0 Å². The molecule has 0 nitrogen and oxygen atoms in total. The van der Waals surface area contributed by atoms with E-state index in [1.807, 2.05) is 0 Å². The van der Waals surface area contributed by atoms with Crippen molar-refractivity contribution in [3.05, 3.63) is 0 Å². The maximum Gasteiger partial charge on any atom is 0.0742 e. The number of hydrogen-bond donors (Lipinski definition) is 0. The van der Waals surface area contributed by atoms with E-state index < -0.39 is 0 Å². The van der Waals surface area contributed by atoms with Gasteiger partial charge in [0.1, 0.15) is 0 Å². The highest BCUT2D eigenvalue weighted by Gasteiger charge is 2.63. The first-order chi connectivity index (χ1) is 5.62. The zero-order valence-corrected chi connectivity index (χ0v) is 7.97. The minimum absolute atomic E-state index is 0.174. The summed E-state index contributed by atoms with van der Waals surface area (Å²) in [5, 5.41) is 0.174. The molecule has 0 heterocycles. The van der Waals surface area contributed by atoms with Crippen LogP contribution in [0.4, 0.5) is 0 Å². The Balaban J connectivity index is 1.84. The van der Waals surface area contributed by atoms with Crippen LogP contribution in [0.25, 0.3) is 0 Å². The van der Waals surface area contributed by atoms with Crippen molar-refractivity contribution in [2.24, 2.45) is 17.3 Å². The van der Waals surface area contributed by atoms with Gasteiger partial charge in [-0.05, 0) is 42.9 Å². The van der Waals surface area contributed by atoms with Crippen LogP contribution in [0.1, 0.15) is 45.4 Å². The molecule has 3 saturated carbocycles. The molecule has 0 N–H and O–H groups in total. The standard InChI is InChI=1S/C11H17B/c1-10(12)4-5-11-7-9(11)3-2-8(11)6-10/h8-9H,2-7H2,1H3. The summed E-state index contributed by atoms with van der Waals surface area (Å²) in [6.45, 7) is 2.25. The molecule has 3 aliphatic carbocycles. The maximum atomic E-state index is 6.21. The third-order valence-electron chi connectivity index (χ3n) is 4.83. The minimum Gasteiger partial charge on any atom is -0.0685 e. The normalized spacial score (nSPS) is 62.4. The van der Waals surface area contributed by atoms with Gasteiger partial charge in [-0.2, -0.15) is 0 Å². The van der Waals surface area contributed by atoms with Crippen molar-refractivity contribution >= 4 is 7.85 Å². The van der Waals surface area contributed by atoms with E-state index in [0.717, 1.165) is 17.3 Å². The van der Waals surface area contributed by atoms with Crippen LogP contribution in [0, 0.1) is 17.3 Å². The molecule has 64 valence electrons. The lowest BCUT2D eigenvalue weighted by atomic mass is 9.56. The Hall–Kier alpha value is 0.0649. The smallest absolute Gasteiger partial charge is 0.0685 e. The van der Waals surface area contributed by atoms with Crippen LogP contribution >= 0.6 is 0 Å². The van der Waals surface area contributed by atoms with Crippen LogP contribution in [0.2, 0.25) is 5.31 Å². The van der Waals surface area contributed by atoms with Gasteiger partial charge in [0.05, 0.1) is 7.85 Å². The summed E-state index contributed by atoms with van der Waals surface area (Å²) in [5.41, 5.74) is 0.832. The van der Waals surface area contributed by atoms with Crippen molar-refractivity contribution in [1.82, 2.24) is 0 Å². The summed E-state index contributed by atoms with van der Waals surface area (Å²) >= 11 is 0. The molecule has 3 fully saturated rings. The molecule has 0 aromatic rings. The molecule has 0 aromatic carbocycles. The molecule has 3 rings (SSSR count). The van der Waals surface area contributed by atoms with Crippen molar-refractivity contribution in [2.75, 3.05) is 0 Å². The molecule has 1 spiro atoms. The topological polar surface area (TPSA) is 0 Å². The third kappa shape index (κ3) is 0.804. The SMILES string of the molecule is [B]C1(C)CCC23CC2CCC3C1. The highest BCUT2D eigenvalue weighted by Crippen LogP contribution is 2.74. The molecular weight excluding hydrogens is 143 g/mol. The van der Waals surface area contributed by atoms with Gasteiger partial charge in [-0.15, -0.1) is 0 Å². The van der Waals surface area contributed by atoms with Gasteiger partial charge in [0.25, 0.3) is 0 Å². The molecule has 4 unspecified atom stereocenters. The van der Waals surface area contributed by atoms with Crippen LogP contribution in [-0.4, -0.2) is 7.85 Å². The second kappa shape index (κ2) is 1.94. The summed E-state index contributed by atoms with van der Waals surface area (Å²) in [5.74, 6) is 2.13. The molecule has 0 aliphatic heterocycles. The highest BCUT2D eigenvalue weighted by molar-refractivity contribution is 6.14. The maximum absolute atomic E-state index is 6.21. The van der Waals surface area contributed by atoms with E-state index in [4.69, 9.17) is 7.85 Å². The van der Waals surface area contributed by atoms with Crippen LogP contribution in [0.5, 0.6) is 0 Å². The fourth-order valence-corrected chi connectivity index (χ4v) is 3.98. The van der Waals surface area contributed by atoms with Crippen LogP contribution in [-0.2, 0) is 0 Å². The molecule has 0 amide bonds. The molecule has 2 radical (unpaired) electrons. The van der Waals surface area contributed by atoms with Crippen molar-refractivity contribution in [2.45, 2.75) is 50.8 Å². The van der Waals surface area contributed by atoms with Gasteiger partial charge in [0.2, 0.25) is 0 Å². The average molecular weight is 160 g/mol. The molecule has 0 saturated heterocycles. The van der Waals surface area contributed by atoms with E-state index in [1.165, 1.54) is 32.1 Å². The van der Waals surface area contributed by atoms with Crippen molar-refractivity contribution in [3.63, 3.8) is 0 Å². The molecule has 4 atom stereocenters. The van der Waals surface area contributed by atoms with Gasteiger partial charge in [0, 0.05) is 0 Å². The first-order valence-corrected chi connectivity index (χ1v) is 5.41. The minimum atomic E-state index is 0.174. The van der Waals surface area contributed by atoms with Crippen molar-refractivity contribution in [1.29, 1.82) is 0 Å². The summed E-state index contributed by atoms with van der Waals surface area (Å²) < 4.78 is 0. The molecule has 1 heteroatoms. The van der Waals surface area contributed by atoms with Gasteiger partial charge < -0.3 is 0 Å². The van der Waals surface area contributed by atoms with Crippen LogP contribution < -0.4 is 0 Å². The van der Waals surface area contributed by atoms with Gasteiger partial charge in [0.15, 0.2) is 0 Å². The molecule has 0 bridgehead atoms. The third-order valence-corrected chi connectivity index (χ3v) is 4.83. The van der Waals surface area contributed by atoms with E-state index in [-0.39, 0.29) is 5.31 Å². The Morgan fingerprint density at radius 2 is 1.75 bits per heavy atom. The lowest BCUT2D eigenvalue weighted by Gasteiger charge is -2.40. The summed E-state index contributed by atoms with van der Waals surface area (Å²) in [6.07, 6.45) is 8.57. The molecule has 12 heavy (non-hydrogen) atoms. The molecule has 0 aromatic heterocycles. The first kappa shape index (κ1) is 7.47. The summed E-state index contributed by atoms with van der Waals surface area (Å²) in [7, 11) is 6.21. The zero-order chi connectivity index (χ0) is 8.40. The monoisotopic (exact) mass is 160 g/mol.